The van der Waals surface area contributed by atoms with E-state index < -0.39 is 5.60 Å². The maximum absolute atomic E-state index is 12.5. The molecule has 21 heavy (non-hydrogen) atoms. The Labute approximate surface area is 131 Å². The van der Waals surface area contributed by atoms with Gasteiger partial charge < -0.3 is 10.5 Å². The molecule has 1 heterocycles. The fraction of sp³-hybridized carbons (Fsp3) is 0.500. The van der Waals surface area contributed by atoms with Crippen LogP contribution in [0.1, 0.15) is 45.2 Å². The summed E-state index contributed by atoms with van der Waals surface area (Å²) in [6.07, 6.45) is 1.26. The predicted octanol–water partition coefficient (Wildman–Crippen LogP) is 3.41. The molecule has 1 saturated heterocycles. The van der Waals surface area contributed by atoms with Gasteiger partial charge in [0, 0.05) is 0 Å². The van der Waals surface area contributed by atoms with Crippen LogP contribution in [0.25, 0.3) is 0 Å². The average molecular weight is 306 g/mol. The second-order valence-electron chi connectivity index (χ2n) is 6.31. The van der Waals surface area contributed by atoms with E-state index in [9.17, 15) is 4.79 Å². The van der Waals surface area contributed by atoms with Gasteiger partial charge in [-0.1, -0.05) is 42.5 Å². The van der Waals surface area contributed by atoms with E-state index >= 15 is 0 Å². The van der Waals surface area contributed by atoms with Crippen molar-refractivity contribution in [1.29, 1.82) is 0 Å². The topological polar surface area (TPSA) is 55.6 Å². The van der Waals surface area contributed by atoms with E-state index in [1.165, 1.54) is 0 Å². The van der Waals surface area contributed by atoms with E-state index in [0.29, 0.717) is 4.99 Å². The Balaban J connectivity index is 2.29. The molecule has 1 fully saturated rings. The third-order valence-corrected chi connectivity index (χ3v) is 3.77. The molecule has 0 radical (unpaired) electrons. The molecule has 114 valence electrons. The van der Waals surface area contributed by atoms with Crippen molar-refractivity contribution in [3.63, 3.8) is 0 Å². The minimum Gasteiger partial charge on any atom is -0.444 e. The Morgan fingerprint density at radius 2 is 1.90 bits per heavy atom. The monoisotopic (exact) mass is 306 g/mol. The molecule has 1 aliphatic heterocycles. The number of nitrogens with two attached hydrogens (primary N) is 1. The molecular weight excluding hydrogens is 284 g/mol. The standard InChI is InChI=1S/C16H22N2O2S/c1-16(2,3)20-15(19)18-12(9-10-13(18)14(17)21)11-7-5-4-6-8-11/h4-8,12-13H,9-10H2,1-3H3,(H2,17,21)/t12-,13+/m0/s1. The molecule has 1 aromatic rings. The Bertz CT molecular complexity index is 525. The lowest BCUT2D eigenvalue weighted by Crippen LogP contribution is -2.46. The molecule has 0 saturated carbocycles. The van der Waals surface area contributed by atoms with Crippen LogP contribution in [-0.4, -0.2) is 27.6 Å². The highest BCUT2D eigenvalue weighted by molar-refractivity contribution is 7.80. The number of ether oxygens (including phenoxy) is 1. The zero-order valence-electron chi connectivity index (χ0n) is 12.7. The number of carbonyl (C=O) groups excluding carboxylic acids is 1. The number of carbonyl (C=O) groups is 1. The molecule has 2 atom stereocenters. The fourth-order valence-electron chi connectivity index (χ4n) is 2.66. The summed E-state index contributed by atoms with van der Waals surface area (Å²) in [5.41, 5.74) is 6.36. The Kier molecular flexibility index (Phi) is 4.52. The summed E-state index contributed by atoms with van der Waals surface area (Å²) in [4.78, 5) is 14.6. The first-order valence-corrected chi connectivity index (χ1v) is 7.56. The van der Waals surface area contributed by atoms with Gasteiger partial charge in [0.25, 0.3) is 0 Å². The smallest absolute Gasteiger partial charge is 0.411 e. The average Bonchev–Trinajstić information content (AvgIpc) is 2.82. The van der Waals surface area contributed by atoms with Crippen molar-refractivity contribution in [3.8, 4) is 0 Å². The maximum Gasteiger partial charge on any atom is 0.411 e. The fourth-order valence-corrected chi connectivity index (χ4v) is 2.89. The number of hydrogen-bond acceptors (Lipinski definition) is 3. The number of thiocarbonyl (C=S) groups is 1. The van der Waals surface area contributed by atoms with Gasteiger partial charge in [-0.25, -0.2) is 4.79 Å². The molecule has 0 unspecified atom stereocenters. The molecule has 0 aliphatic carbocycles. The largest absolute Gasteiger partial charge is 0.444 e. The van der Waals surface area contributed by atoms with Crippen LogP contribution in [0, 0.1) is 0 Å². The Morgan fingerprint density at radius 1 is 1.29 bits per heavy atom. The van der Waals surface area contributed by atoms with Crippen LogP contribution in [0.5, 0.6) is 0 Å². The highest BCUT2D eigenvalue weighted by atomic mass is 32.1. The molecule has 0 spiro atoms. The van der Waals surface area contributed by atoms with Crippen LogP contribution >= 0.6 is 12.2 Å². The van der Waals surface area contributed by atoms with Crippen LogP contribution in [0.4, 0.5) is 4.79 Å². The first-order chi connectivity index (χ1) is 9.79. The minimum atomic E-state index is -0.540. The molecule has 5 heteroatoms. The van der Waals surface area contributed by atoms with E-state index in [0.717, 1.165) is 18.4 Å². The number of amides is 1. The zero-order valence-corrected chi connectivity index (χ0v) is 13.5. The second kappa shape index (κ2) is 6.02. The van der Waals surface area contributed by atoms with Crippen molar-refractivity contribution in [2.24, 2.45) is 5.73 Å². The number of hydrogen-bond donors (Lipinski definition) is 1. The van der Waals surface area contributed by atoms with Gasteiger partial charge in [0.05, 0.1) is 17.1 Å². The third-order valence-electron chi connectivity index (χ3n) is 3.50. The van der Waals surface area contributed by atoms with Crippen molar-refractivity contribution in [1.82, 2.24) is 4.90 Å². The van der Waals surface area contributed by atoms with Gasteiger partial charge in [-0.05, 0) is 39.2 Å². The van der Waals surface area contributed by atoms with E-state index in [-0.39, 0.29) is 18.2 Å². The summed E-state index contributed by atoms with van der Waals surface area (Å²) in [5.74, 6) is 0. The summed E-state index contributed by atoms with van der Waals surface area (Å²) in [5, 5.41) is 0. The summed E-state index contributed by atoms with van der Waals surface area (Å²) < 4.78 is 5.53. The summed E-state index contributed by atoms with van der Waals surface area (Å²) in [7, 11) is 0. The van der Waals surface area contributed by atoms with Gasteiger partial charge in [-0.3, -0.25) is 4.90 Å². The van der Waals surface area contributed by atoms with Crippen LogP contribution in [0.15, 0.2) is 30.3 Å². The van der Waals surface area contributed by atoms with Gasteiger partial charge in [0.15, 0.2) is 0 Å². The number of rotatable bonds is 2. The van der Waals surface area contributed by atoms with E-state index in [1.54, 1.807) is 4.90 Å². The molecule has 2 rings (SSSR count). The predicted molar refractivity (Wildman–Crippen MR) is 87.1 cm³/mol. The zero-order chi connectivity index (χ0) is 15.6. The molecule has 1 aromatic carbocycles. The van der Waals surface area contributed by atoms with Gasteiger partial charge in [0.1, 0.15) is 5.60 Å². The maximum atomic E-state index is 12.5. The van der Waals surface area contributed by atoms with Gasteiger partial charge >= 0.3 is 6.09 Å². The number of likely N-dealkylation sites (tertiary alicyclic amines) is 1. The quantitative estimate of drug-likeness (QED) is 0.851. The van der Waals surface area contributed by atoms with Crippen molar-refractivity contribution < 1.29 is 9.53 Å². The van der Waals surface area contributed by atoms with E-state index in [2.05, 4.69) is 0 Å². The molecule has 4 nitrogen and oxygen atoms in total. The van der Waals surface area contributed by atoms with Crippen LogP contribution < -0.4 is 5.73 Å². The summed E-state index contributed by atoms with van der Waals surface area (Å²) >= 11 is 5.12. The van der Waals surface area contributed by atoms with Crippen LogP contribution in [0.2, 0.25) is 0 Å². The van der Waals surface area contributed by atoms with Crippen LogP contribution in [0.3, 0.4) is 0 Å². The van der Waals surface area contributed by atoms with Crippen molar-refractivity contribution in [3.05, 3.63) is 35.9 Å². The highest BCUT2D eigenvalue weighted by Gasteiger charge is 2.41. The Morgan fingerprint density at radius 3 is 2.43 bits per heavy atom. The lowest BCUT2D eigenvalue weighted by Gasteiger charge is -2.32. The molecule has 2 N–H and O–H groups in total. The third kappa shape index (κ3) is 3.73. The number of benzene rings is 1. The molecule has 0 aromatic heterocycles. The van der Waals surface area contributed by atoms with Gasteiger partial charge in [-0.2, -0.15) is 0 Å². The van der Waals surface area contributed by atoms with Crippen LogP contribution in [-0.2, 0) is 4.74 Å². The van der Waals surface area contributed by atoms with Crippen molar-refractivity contribution in [2.75, 3.05) is 0 Å². The lowest BCUT2D eigenvalue weighted by atomic mass is 10.1. The second-order valence-corrected chi connectivity index (χ2v) is 6.78. The molecular formula is C16H22N2O2S. The van der Waals surface area contributed by atoms with E-state index in [4.69, 9.17) is 22.7 Å². The summed E-state index contributed by atoms with van der Waals surface area (Å²) in [6.45, 7) is 5.57. The Hall–Kier alpha value is -1.62. The first-order valence-electron chi connectivity index (χ1n) is 7.15. The minimum absolute atomic E-state index is 0.0347. The van der Waals surface area contributed by atoms with Crippen molar-refractivity contribution >= 4 is 23.3 Å². The normalized spacial score (nSPS) is 22.1. The summed E-state index contributed by atoms with van der Waals surface area (Å²) in [6, 6.07) is 9.66. The highest BCUT2D eigenvalue weighted by Crippen LogP contribution is 2.37. The van der Waals surface area contributed by atoms with Crippen molar-refractivity contribution in [2.45, 2.75) is 51.3 Å². The first kappa shape index (κ1) is 15.8. The SMILES string of the molecule is CC(C)(C)OC(=O)N1[C@@H](C(N)=S)CC[C@H]1c1ccccc1. The molecule has 1 aliphatic rings. The molecule has 0 bridgehead atoms. The van der Waals surface area contributed by atoms with E-state index in [1.807, 2.05) is 51.1 Å². The lowest BCUT2D eigenvalue weighted by molar-refractivity contribution is 0.0191. The number of nitrogens with zero attached hydrogens (tertiary/aromatic N) is 1. The van der Waals surface area contributed by atoms with Gasteiger partial charge in [0.2, 0.25) is 0 Å². The van der Waals surface area contributed by atoms with Gasteiger partial charge in [-0.15, -0.1) is 0 Å². The molecule has 1 amide bonds.